The van der Waals surface area contributed by atoms with E-state index in [4.69, 9.17) is 4.74 Å². The molecule has 0 atom stereocenters. The van der Waals surface area contributed by atoms with Crippen molar-refractivity contribution in [1.29, 1.82) is 0 Å². The summed E-state index contributed by atoms with van der Waals surface area (Å²) in [6, 6.07) is 0. The predicted molar refractivity (Wildman–Crippen MR) is 55.7 cm³/mol. The SMILES string of the molecule is CCOc1nc(S(=O)(=O)CC)ncc1C. The van der Waals surface area contributed by atoms with Gasteiger partial charge in [-0.05, 0) is 13.8 Å². The third-order valence-electron chi connectivity index (χ3n) is 1.84. The van der Waals surface area contributed by atoms with Crippen LogP contribution in [0, 0.1) is 6.92 Å². The van der Waals surface area contributed by atoms with E-state index in [-0.39, 0.29) is 10.9 Å². The Bertz CT molecular complexity index is 443. The zero-order valence-electron chi connectivity index (χ0n) is 9.02. The van der Waals surface area contributed by atoms with Crippen molar-refractivity contribution in [3.05, 3.63) is 11.8 Å². The van der Waals surface area contributed by atoms with Crippen LogP contribution in [-0.2, 0) is 9.84 Å². The van der Waals surface area contributed by atoms with Gasteiger partial charge in [-0.2, -0.15) is 4.98 Å². The molecule has 0 fully saturated rings. The lowest BCUT2D eigenvalue weighted by Gasteiger charge is -2.06. The molecule has 0 saturated heterocycles. The molecule has 0 radical (unpaired) electrons. The van der Waals surface area contributed by atoms with Crippen LogP contribution in [0.2, 0.25) is 0 Å². The van der Waals surface area contributed by atoms with Crippen molar-refractivity contribution in [2.45, 2.75) is 25.9 Å². The highest BCUT2D eigenvalue weighted by atomic mass is 32.2. The number of ether oxygens (including phenoxy) is 1. The topological polar surface area (TPSA) is 69.2 Å². The highest BCUT2D eigenvalue weighted by Crippen LogP contribution is 2.15. The average Bonchev–Trinajstić information content (AvgIpc) is 2.21. The molecule has 5 nitrogen and oxygen atoms in total. The maximum Gasteiger partial charge on any atom is 0.250 e. The van der Waals surface area contributed by atoms with E-state index in [2.05, 4.69) is 9.97 Å². The second-order valence-corrected chi connectivity index (χ2v) is 5.15. The van der Waals surface area contributed by atoms with Gasteiger partial charge in [0.15, 0.2) is 0 Å². The van der Waals surface area contributed by atoms with Crippen molar-refractivity contribution >= 4 is 9.84 Å². The Hall–Kier alpha value is -1.17. The van der Waals surface area contributed by atoms with Crippen LogP contribution in [-0.4, -0.2) is 30.7 Å². The van der Waals surface area contributed by atoms with Gasteiger partial charge in [0.25, 0.3) is 0 Å². The first-order valence-electron chi connectivity index (χ1n) is 4.70. The van der Waals surface area contributed by atoms with Crippen LogP contribution in [0.3, 0.4) is 0 Å². The minimum absolute atomic E-state index is 0.0123. The average molecular weight is 230 g/mol. The number of hydrogen-bond donors (Lipinski definition) is 0. The van der Waals surface area contributed by atoms with Crippen molar-refractivity contribution < 1.29 is 13.2 Å². The summed E-state index contributed by atoms with van der Waals surface area (Å²) < 4.78 is 28.2. The lowest BCUT2D eigenvalue weighted by Crippen LogP contribution is -2.10. The van der Waals surface area contributed by atoms with Gasteiger partial charge in [-0.15, -0.1) is 0 Å². The van der Waals surface area contributed by atoms with Crippen LogP contribution in [0.25, 0.3) is 0 Å². The van der Waals surface area contributed by atoms with Gasteiger partial charge in [-0.3, -0.25) is 0 Å². The number of sulfone groups is 1. The number of aromatic nitrogens is 2. The maximum absolute atomic E-state index is 11.5. The molecule has 0 bridgehead atoms. The van der Waals surface area contributed by atoms with Crippen LogP contribution in [0.15, 0.2) is 11.4 Å². The van der Waals surface area contributed by atoms with Gasteiger partial charge in [0.1, 0.15) is 0 Å². The van der Waals surface area contributed by atoms with Gasteiger partial charge in [0.05, 0.1) is 12.4 Å². The second kappa shape index (κ2) is 4.57. The maximum atomic E-state index is 11.5. The molecule has 15 heavy (non-hydrogen) atoms. The second-order valence-electron chi connectivity index (χ2n) is 2.98. The fraction of sp³-hybridized carbons (Fsp3) is 0.556. The van der Waals surface area contributed by atoms with Crippen molar-refractivity contribution in [3.63, 3.8) is 0 Å². The van der Waals surface area contributed by atoms with Crippen LogP contribution in [0.1, 0.15) is 19.4 Å². The Labute approximate surface area is 89.4 Å². The quantitative estimate of drug-likeness (QED) is 0.721. The molecule has 1 aromatic heterocycles. The largest absolute Gasteiger partial charge is 0.478 e. The van der Waals surface area contributed by atoms with E-state index in [1.807, 2.05) is 6.92 Å². The van der Waals surface area contributed by atoms with E-state index in [0.29, 0.717) is 12.5 Å². The van der Waals surface area contributed by atoms with E-state index in [1.54, 1.807) is 13.8 Å². The monoisotopic (exact) mass is 230 g/mol. The molecule has 0 aromatic carbocycles. The number of hydrogen-bond acceptors (Lipinski definition) is 5. The molecule has 0 N–H and O–H groups in total. The smallest absolute Gasteiger partial charge is 0.250 e. The molecule has 0 unspecified atom stereocenters. The standard InChI is InChI=1S/C9H14N2O3S/c1-4-14-8-7(3)6-10-9(11-8)15(12,13)5-2/h6H,4-5H2,1-3H3. The first-order chi connectivity index (χ1) is 7.01. The highest BCUT2D eigenvalue weighted by Gasteiger charge is 2.17. The first-order valence-corrected chi connectivity index (χ1v) is 6.35. The van der Waals surface area contributed by atoms with E-state index in [1.165, 1.54) is 6.20 Å². The summed E-state index contributed by atoms with van der Waals surface area (Å²) in [5, 5.41) is -0.168. The fourth-order valence-corrected chi connectivity index (χ4v) is 1.67. The van der Waals surface area contributed by atoms with Crippen LogP contribution in [0.5, 0.6) is 5.88 Å². The van der Waals surface area contributed by atoms with Crippen molar-refractivity contribution in [1.82, 2.24) is 9.97 Å². The molecule has 1 heterocycles. The molecule has 0 saturated carbocycles. The lowest BCUT2D eigenvalue weighted by molar-refractivity contribution is 0.319. The van der Waals surface area contributed by atoms with E-state index in [0.717, 1.165) is 5.56 Å². The molecule has 0 aliphatic carbocycles. The Morgan fingerprint density at radius 1 is 1.40 bits per heavy atom. The third-order valence-corrected chi connectivity index (χ3v) is 3.36. The molecule has 0 spiro atoms. The normalized spacial score (nSPS) is 11.4. The summed E-state index contributed by atoms with van der Waals surface area (Å²) in [5.74, 6) is 0.321. The van der Waals surface area contributed by atoms with E-state index in [9.17, 15) is 8.42 Å². The molecule has 0 aliphatic rings. The highest BCUT2D eigenvalue weighted by molar-refractivity contribution is 7.91. The molecule has 6 heteroatoms. The van der Waals surface area contributed by atoms with Gasteiger partial charge < -0.3 is 4.74 Å². The minimum atomic E-state index is -3.36. The predicted octanol–water partition coefficient (Wildman–Crippen LogP) is 0.977. The van der Waals surface area contributed by atoms with Crippen LogP contribution < -0.4 is 4.74 Å². The molecule has 84 valence electrons. The first kappa shape index (κ1) is 11.9. The Balaban J connectivity index is 3.19. The molecule has 1 aromatic rings. The summed E-state index contributed by atoms with van der Waals surface area (Å²) in [6.07, 6.45) is 1.46. The van der Waals surface area contributed by atoms with Crippen LogP contribution in [0.4, 0.5) is 0 Å². The number of nitrogens with zero attached hydrogens (tertiary/aromatic N) is 2. The minimum Gasteiger partial charge on any atom is -0.478 e. The lowest BCUT2D eigenvalue weighted by atomic mass is 10.4. The zero-order valence-corrected chi connectivity index (χ0v) is 9.84. The summed E-state index contributed by atoms with van der Waals surface area (Å²) in [7, 11) is -3.36. The van der Waals surface area contributed by atoms with E-state index < -0.39 is 9.84 Å². The van der Waals surface area contributed by atoms with Crippen molar-refractivity contribution in [3.8, 4) is 5.88 Å². The van der Waals surface area contributed by atoms with Gasteiger partial charge >= 0.3 is 0 Å². The van der Waals surface area contributed by atoms with Gasteiger partial charge in [0.2, 0.25) is 20.9 Å². The molecular formula is C9H14N2O3S. The van der Waals surface area contributed by atoms with Crippen molar-refractivity contribution in [2.24, 2.45) is 0 Å². The fourth-order valence-electron chi connectivity index (χ4n) is 0.973. The number of rotatable bonds is 4. The Morgan fingerprint density at radius 2 is 2.07 bits per heavy atom. The van der Waals surface area contributed by atoms with Crippen molar-refractivity contribution in [2.75, 3.05) is 12.4 Å². The Kier molecular flexibility index (Phi) is 3.62. The summed E-state index contributed by atoms with van der Waals surface area (Å²) in [5.41, 5.74) is 0.729. The summed E-state index contributed by atoms with van der Waals surface area (Å²) in [6.45, 7) is 5.59. The molecular weight excluding hydrogens is 216 g/mol. The van der Waals surface area contributed by atoms with Gasteiger partial charge in [0, 0.05) is 11.8 Å². The Morgan fingerprint density at radius 3 is 2.60 bits per heavy atom. The number of aryl methyl sites for hydroxylation is 1. The molecule has 1 rings (SSSR count). The summed E-state index contributed by atoms with van der Waals surface area (Å²) in [4.78, 5) is 7.67. The van der Waals surface area contributed by atoms with Gasteiger partial charge in [-0.1, -0.05) is 6.92 Å². The van der Waals surface area contributed by atoms with E-state index >= 15 is 0 Å². The third kappa shape index (κ3) is 2.65. The van der Waals surface area contributed by atoms with Gasteiger partial charge in [-0.25, -0.2) is 13.4 Å². The van der Waals surface area contributed by atoms with Crippen LogP contribution >= 0.6 is 0 Å². The zero-order chi connectivity index (χ0) is 11.5. The summed E-state index contributed by atoms with van der Waals surface area (Å²) >= 11 is 0. The molecule has 0 aliphatic heterocycles. The molecule has 0 amide bonds.